The Morgan fingerprint density at radius 1 is 1.11 bits per heavy atom. The van der Waals surface area contributed by atoms with Gasteiger partial charge in [-0.3, -0.25) is 9.78 Å². The van der Waals surface area contributed by atoms with Gasteiger partial charge >= 0.3 is 0 Å². The van der Waals surface area contributed by atoms with Crippen molar-refractivity contribution in [3.8, 4) is 5.69 Å². The van der Waals surface area contributed by atoms with Gasteiger partial charge in [0.05, 0.1) is 34.8 Å². The van der Waals surface area contributed by atoms with E-state index in [1.807, 2.05) is 6.92 Å². The topological polar surface area (TPSA) is 72.7 Å². The zero-order valence-corrected chi connectivity index (χ0v) is 14.9. The van der Waals surface area contributed by atoms with Crippen LogP contribution in [0, 0.1) is 12.7 Å². The maximum Gasteiger partial charge on any atom is 0.258 e. The molecule has 0 aliphatic heterocycles. The molecular weight excluding hydrogens is 369 g/mol. The fourth-order valence-electron chi connectivity index (χ4n) is 2.72. The summed E-state index contributed by atoms with van der Waals surface area (Å²) in [5.74, 6) is -0.712. The van der Waals surface area contributed by atoms with Gasteiger partial charge in [0.1, 0.15) is 5.82 Å². The van der Waals surface area contributed by atoms with E-state index in [-0.39, 0.29) is 16.9 Å². The molecule has 1 aromatic carbocycles. The molecule has 0 atom stereocenters. The normalized spacial score (nSPS) is 10.9. The van der Waals surface area contributed by atoms with Crippen molar-refractivity contribution in [2.75, 3.05) is 5.32 Å². The van der Waals surface area contributed by atoms with Crippen molar-refractivity contribution < 1.29 is 9.18 Å². The van der Waals surface area contributed by atoms with Crippen LogP contribution in [-0.4, -0.2) is 25.7 Å². The number of carbonyl (C=O) groups is 1. The molecule has 0 saturated carbocycles. The average molecular weight is 382 g/mol. The average Bonchev–Trinajstić information content (AvgIpc) is 3.09. The quantitative estimate of drug-likeness (QED) is 0.540. The van der Waals surface area contributed by atoms with Gasteiger partial charge in [0.25, 0.3) is 5.91 Å². The molecule has 1 N–H and O–H groups in total. The standard InChI is InChI=1S/C19H13ClFN5O/c1-11-2-7-16(18(20)24-11)25-19(27)15-8-22-10-17-14(15)9-23-26(17)13-5-3-12(21)4-6-13/h2-10H,1H3,(H,25,27). The van der Waals surface area contributed by atoms with Gasteiger partial charge < -0.3 is 5.32 Å². The SMILES string of the molecule is Cc1ccc(NC(=O)c2cncc3c2cnn3-c2ccc(F)cc2)c(Cl)n1. The van der Waals surface area contributed by atoms with Crippen LogP contribution < -0.4 is 5.32 Å². The van der Waals surface area contributed by atoms with Gasteiger partial charge in [-0.15, -0.1) is 0 Å². The highest BCUT2D eigenvalue weighted by molar-refractivity contribution is 6.32. The van der Waals surface area contributed by atoms with Gasteiger partial charge in [-0.1, -0.05) is 11.6 Å². The Labute approximate surface area is 158 Å². The van der Waals surface area contributed by atoms with Crippen LogP contribution in [-0.2, 0) is 0 Å². The first-order valence-electron chi connectivity index (χ1n) is 8.05. The summed E-state index contributed by atoms with van der Waals surface area (Å²) in [4.78, 5) is 21.0. The maximum absolute atomic E-state index is 13.2. The second kappa shape index (κ2) is 6.77. The second-order valence-electron chi connectivity index (χ2n) is 5.90. The van der Waals surface area contributed by atoms with E-state index in [0.29, 0.717) is 27.8 Å². The molecule has 0 saturated heterocycles. The zero-order valence-electron chi connectivity index (χ0n) is 14.1. The third-order valence-corrected chi connectivity index (χ3v) is 4.34. The Bertz CT molecular complexity index is 1160. The highest BCUT2D eigenvalue weighted by Gasteiger charge is 2.16. The Hall–Kier alpha value is -3.32. The van der Waals surface area contributed by atoms with Crippen LogP contribution in [0.3, 0.4) is 0 Å². The van der Waals surface area contributed by atoms with Gasteiger partial charge in [-0.2, -0.15) is 5.10 Å². The molecule has 3 heterocycles. The lowest BCUT2D eigenvalue weighted by Gasteiger charge is -2.08. The zero-order chi connectivity index (χ0) is 19.0. The van der Waals surface area contributed by atoms with Crippen LogP contribution in [0.1, 0.15) is 16.1 Å². The summed E-state index contributed by atoms with van der Waals surface area (Å²) in [6, 6.07) is 9.35. The van der Waals surface area contributed by atoms with E-state index in [2.05, 4.69) is 20.4 Å². The molecule has 0 aliphatic rings. The van der Waals surface area contributed by atoms with E-state index < -0.39 is 0 Å². The number of aromatic nitrogens is 4. The van der Waals surface area contributed by atoms with Crippen molar-refractivity contribution >= 4 is 34.1 Å². The number of hydrogen-bond donors (Lipinski definition) is 1. The van der Waals surface area contributed by atoms with Gasteiger partial charge in [0.15, 0.2) is 5.15 Å². The Balaban J connectivity index is 1.72. The number of halogens is 2. The summed E-state index contributed by atoms with van der Waals surface area (Å²) in [6.45, 7) is 1.81. The van der Waals surface area contributed by atoms with Crippen molar-refractivity contribution in [2.45, 2.75) is 6.92 Å². The summed E-state index contributed by atoms with van der Waals surface area (Å²) in [7, 11) is 0. The molecule has 1 amide bonds. The van der Waals surface area contributed by atoms with Gasteiger partial charge in [0.2, 0.25) is 0 Å². The van der Waals surface area contributed by atoms with Crippen LogP contribution in [0.2, 0.25) is 5.15 Å². The Morgan fingerprint density at radius 2 is 1.89 bits per heavy atom. The summed E-state index contributed by atoms with van der Waals surface area (Å²) in [5.41, 5.74) is 2.80. The minimum absolute atomic E-state index is 0.213. The molecule has 134 valence electrons. The van der Waals surface area contributed by atoms with Crippen molar-refractivity contribution in [1.82, 2.24) is 19.7 Å². The van der Waals surface area contributed by atoms with E-state index in [4.69, 9.17) is 11.6 Å². The van der Waals surface area contributed by atoms with E-state index in [0.717, 1.165) is 5.69 Å². The van der Waals surface area contributed by atoms with Crippen LogP contribution in [0.25, 0.3) is 16.6 Å². The predicted octanol–water partition coefficient (Wildman–Crippen LogP) is 4.17. The van der Waals surface area contributed by atoms with E-state index >= 15 is 0 Å². The summed E-state index contributed by atoms with van der Waals surface area (Å²) >= 11 is 6.09. The van der Waals surface area contributed by atoms with E-state index in [9.17, 15) is 9.18 Å². The Morgan fingerprint density at radius 3 is 2.63 bits per heavy atom. The number of nitrogens with one attached hydrogen (secondary N) is 1. The molecule has 0 aliphatic carbocycles. The van der Waals surface area contributed by atoms with Crippen LogP contribution in [0.5, 0.6) is 0 Å². The van der Waals surface area contributed by atoms with Crippen molar-refractivity contribution in [3.63, 3.8) is 0 Å². The van der Waals surface area contributed by atoms with Gasteiger partial charge in [-0.05, 0) is 43.3 Å². The minimum Gasteiger partial charge on any atom is -0.319 e. The monoisotopic (exact) mass is 381 g/mol. The molecule has 0 spiro atoms. The first-order chi connectivity index (χ1) is 13.0. The largest absolute Gasteiger partial charge is 0.319 e. The molecule has 8 heteroatoms. The van der Waals surface area contributed by atoms with Crippen LogP contribution >= 0.6 is 11.6 Å². The predicted molar refractivity (Wildman–Crippen MR) is 101 cm³/mol. The number of fused-ring (bicyclic) bond motifs is 1. The molecule has 0 fully saturated rings. The van der Waals surface area contributed by atoms with E-state index in [1.54, 1.807) is 41.3 Å². The molecule has 27 heavy (non-hydrogen) atoms. The molecule has 0 radical (unpaired) electrons. The van der Waals surface area contributed by atoms with Crippen molar-refractivity contribution in [1.29, 1.82) is 0 Å². The van der Waals surface area contributed by atoms with Crippen molar-refractivity contribution in [3.05, 3.63) is 77.2 Å². The molecule has 3 aromatic heterocycles. The number of hydrogen-bond acceptors (Lipinski definition) is 4. The Kier molecular flexibility index (Phi) is 4.29. The molecular formula is C19H13ClFN5O. The first-order valence-corrected chi connectivity index (χ1v) is 8.43. The molecule has 4 aromatic rings. The lowest BCUT2D eigenvalue weighted by Crippen LogP contribution is -2.13. The summed E-state index contributed by atoms with van der Waals surface area (Å²) < 4.78 is 14.8. The molecule has 4 rings (SSSR count). The summed E-state index contributed by atoms with van der Waals surface area (Å²) in [6.07, 6.45) is 4.64. The smallest absolute Gasteiger partial charge is 0.258 e. The number of anilines is 1. The molecule has 6 nitrogen and oxygen atoms in total. The highest BCUT2D eigenvalue weighted by atomic mass is 35.5. The fraction of sp³-hybridized carbons (Fsp3) is 0.0526. The lowest BCUT2D eigenvalue weighted by atomic mass is 10.1. The number of amides is 1. The lowest BCUT2D eigenvalue weighted by molar-refractivity contribution is 0.102. The number of pyridine rings is 2. The number of rotatable bonds is 3. The van der Waals surface area contributed by atoms with Crippen LogP contribution in [0.4, 0.5) is 10.1 Å². The van der Waals surface area contributed by atoms with Crippen molar-refractivity contribution in [2.24, 2.45) is 0 Å². The molecule has 0 bridgehead atoms. The van der Waals surface area contributed by atoms with Crippen LogP contribution in [0.15, 0.2) is 55.0 Å². The third-order valence-electron chi connectivity index (χ3n) is 4.05. The molecule has 0 unspecified atom stereocenters. The number of carbonyl (C=O) groups excluding carboxylic acids is 1. The number of benzene rings is 1. The number of aryl methyl sites for hydroxylation is 1. The minimum atomic E-state index is -0.376. The summed E-state index contributed by atoms with van der Waals surface area (Å²) in [5, 5.41) is 7.88. The second-order valence-corrected chi connectivity index (χ2v) is 6.26. The highest BCUT2D eigenvalue weighted by Crippen LogP contribution is 2.24. The van der Waals surface area contributed by atoms with Gasteiger partial charge in [-0.25, -0.2) is 14.1 Å². The fourth-order valence-corrected chi connectivity index (χ4v) is 2.96. The van der Waals surface area contributed by atoms with E-state index in [1.165, 1.54) is 18.3 Å². The van der Waals surface area contributed by atoms with Gasteiger partial charge in [0, 0.05) is 17.3 Å². The first kappa shape index (κ1) is 17.1. The number of nitrogens with zero attached hydrogens (tertiary/aromatic N) is 4. The third kappa shape index (κ3) is 3.24. The maximum atomic E-state index is 13.2.